The minimum atomic E-state index is -0.377. The quantitative estimate of drug-likeness (QED) is 0.514. The molecule has 12 heavy (non-hydrogen) atoms. The summed E-state index contributed by atoms with van der Waals surface area (Å²) in [5.74, 6) is 0.373. The van der Waals surface area contributed by atoms with Crippen molar-refractivity contribution in [2.24, 2.45) is 0 Å². The number of nitrogens with zero attached hydrogens (tertiary/aromatic N) is 3. The molecule has 0 bridgehead atoms. The van der Waals surface area contributed by atoms with E-state index < -0.39 is 0 Å². The highest BCUT2D eigenvalue weighted by Crippen LogP contribution is 2.02. The van der Waals surface area contributed by atoms with Gasteiger partial charge in [-0.2, -0.15) is 0 Å². The van der Waals surface area contributed by atoms with Crippen LogP contribution in [0.3, 0.4) is 0 Å². The number of hydrogen-bond donors (Lipinski definition) is 0. The smallest absolute Gasteiger partial charge is 0.312 e. The summed E-state index contributed by atoms with van der Waals surface area (Å²) in [6, 6.07) is -0.377. The van der Waals surface area contributed by atoms with Crippen molar-refractivity contribution in [3.8, 4) is 0 Å². The van der Waals surface area contributed by atoms with Gasteiger partial charge in [0, 0.05) is 7.05 Å². The first-order chi connectivity index (χ1) is 5.37. The molecule has 0 aromatic heterocycles. The first-order valence-electron chi connectivity index (χ1n) is 3.31. The fourth-order valence-electron chi connectivity index (χ4n) is 0.584. The van der Waals surface area contributed by atoms with Crippen molar-refractivity contribution in [3.05, 3.63) is 12.4 Å². The Morgan fingerprint density at radius 2 is 1.58 bits per heavy atom. The van der Waals surface area contributed by atoms with Crippen LogP contribution in [0.1, 0.15) is 0 Å². The van der Waals surface area contributed by atoms with Gasteiger partial charge in [-0.05, 0) is 14.1 Å². The summed E-state index contributed by atoms with van der Waals surface area (Å²) in [7, 11) is 15.1. The molecule has 0 rings (SSSR count). The number of carbonyl (C=O) groups excluding carboxylic acids is 1. The van der Waals surface area contributed by atoms with Crippen molar-refractivity contribution in [3.63, 3.8) is 0 Å². The maximum atomic E-state index is 11.2. The Morgan fingerprint density at radius 3 is 1.83 bits per heavy atom. The Bertz CT molecular complexity index is 173. The molecular weight excluding hydrogens is 152 g/mol. The number of carbonyl (C=O) groups is 1. The van der Waals surface area contributed by atoms with Crippen LogP contribution in [-0.2, 0) is 0 Å². The Morgan fingerprint density at radius 1 is 1.17 bits per heavy atom. The highest BCUT2D eigenvalue weighted by molar-refractivity contribution is 6.13. The highest BCUT2D eigenvalue weighted by Gasteiger charge is 2.13. The predicted molar refractivity (Wildman–Crippen MR) is 49.3 cm³/mol. The van der Waals surface area contributed by atoms with E-state index in [1.165, 1.54) is 23.8 Å². The molecule has 0 unspecified atom stereocenters. The number of amides is 2. The van der Waals surface area contributed by atoms with E-state index in [4.69, 9.17) is 16.0 Å². The van der Waals surface area contributed by atoms with E-state index in [-0.39, 0.29) is 6.03 Å². The van der Waals surface area contributed by atoms with Crippen molar-refractivity contribution in [2.75, 3.05) is 21.1 Å². The van der Waals surface area contributed by atoms with Gasteiger partial charge >= 0.3 is 6.03 Å². The zero-order valence-electron chi connectivity index (χ0n) is 7.61. The second-order valence-electron chi connectivity index (χ2n) is 2.48. The van der Waals surface area contributed by atoms with E-state index in [1.807, 2.05) is 0 Å². The molecule has 0 aromatic rings. The van der Waals surface area contributed by atoms with Gasteiger partial charge in [-0.25, -0.2) is 4.79 Å². The Kier molecular flexibility index (Phi) is 3.73. The zero-order valence-corrected chi connectivity index (χ0v) is 7.61. The second-order valence-corrected chi connectivity index (χ2v) is 2.48. The standard InChI is InChI=1S/C6H11B2N3O/c1-5(10(3)7)9(2)6(12)11(4)8/h1H2,2-4H3. The molecule has 0 spiro atoms. The average Bonchev–Trinajstić information content (AvgIpc) is 2.00. The van der Waals surface area contributed by atoms with E-state index in [2.05, 4.69) is 6.58 Å². The van der Waals surface area contributed by atoms with E-state index in [0.717, 1.165) is 4.81 Å². The molecule has 0 fully saturated rings. The van der Waals surface area contributed by atoms with Crippen LogP contribution in [0.15, 0.2) is 12.4 Å². The summed E-state index contributed by atoms with van der Waals surface area (Å²) in [6.45, 7) is 3.58. The molecule has 0 aliphatic heterocycles. The lowest BCUT2D eigenvalue weighted by molar-refractivity contribution is 0.199. The van der Waals surface area contributed by atoms with E-state index in [9.17, 15) is 4.79 Å². The molecule has 4 radical (unpaired) electrons. The lowest BCUT2D eigenvalue weighted by Gasteiger charge is -2.28. The molecule has 0 aliphatic rings. The monoisotopic (exact) mass is 163 g/mol. The number of rotatable bonds is 2. The molecule has 2 amide bonds. The van der Waals surface area contributed by atoms with Crippen molar-refractivity contribution in [1.29, 1.82) is 0 Å². The van der Waals surface area contributed by atoms with Gasteiger partial charge in [-0.3, -0.25) is 4.90 Å². The molecule has 0 saturated carbocycles. The summed E-state index contributed by atoms with van der Waals surface area (Å²) in [6.07, 6.45) is 0. The molecule has 4 nitrogen and oxygen atoms in total. The third kappa shape index (κ3) is 2.53. The van der Waals surface area contributed by atoms with Crippen LogP contribution in [0.4, 0.5) is 4.79 Å². The molecule has 0 aromatic carbocycles. The zero-order chi connectivity index (χ0) is 9.89. The van der Waals surface area contributed by atoms with Gasteiger partial charge in [0.2, 0.25) is 16.0 Å². The van der Waals surface area contributed by atoms with Gasteiger partial charge in [0.1, 0.15) is 0 Å². The summed E-state index contributed by atoms with van der Waals surface area (Å²) in [5, 5.41) is 0. The first-order valence-corrected chi connectivity index (χ1v) is 3.31. The third-order valence-electron chi connectivity index (χ3n) is 1.38. The largest absolute Gasteiger partial charge is 0.415 e. The Balaban J connectivity index is 4.30. The van der Waals surface area contributed by atoms with Crippen LogP contribution in [0.5, 0.6) is 0 Å². The van der Waals surface area contributed by atoms with Crippen LogP contribution in [0.2, 0.25) is 0 Å². The fourth-order valence-corrected chi connectivity index (χ4v) is 0.584. The maximum absolute atomic E-state index is 11.2. The maximum Gasteiger partial charge on any atom is 0.312 e. The van der Waals surface area contributed by atoms with E-state index in [0.29, 0.717) is 5.82 Å². The van der Waals surface area contributed by atoms with Crippen LogP contribution >= 0.6 is 0 Å². The van der Waals surface area contributed by atoms with Gasteiger partial charge in [0.05, 0.1) is 5.82 Å². The summed E-state index contributed by atoms with van der Waals surface area (Å²) in [4.78, 5) is 14.6. The van der Waals surface area contributed by atoms with Crippen LogP contribution in [-0.4, -0.2) is 57.7 Å². The Labute approximate surface area is 75.7 Å². The molecule has 0 N–H and O–H groups in total. The summed E-state index contributed by atoms with van der Waals surface area (Å²) >= 11 is 0. The lowest BCUT2D eigenvalue weighted by Crippen LogP contribution is -2.40. The summed E-state index contributed by atoms with van der Waals surface area (Å²) in [5.41, 5.74) is 0. The fraction of sp³-hybridized carbons (Fsp3) is 0.500. The Hall–Kier alpha value is -1.06. The predicted octanol–water partition coefficient (Wildman–Crippen LogP) is -0.460. The van der Waals surface area contributed by atoms with Crippen LogP contribution < -0.4 is 0 Å². The number of urea groups is 1. The molecule has 0 saturated heterocycles. The molecule has 62 valence electrons. The first kappa shape index (κ1) is 10.9. The lowest BCUT2D eigenvalue weighted by atomic mass is 10.3. The van der Waals surface area contributed by atoms with Gasteiger partial charge in [0.15, 0.2) is 0 Å². The van der Waals surface area contributed by atoms with Crippen molar-refractivity contribution in [2.45, 2.75) is 0 Å². The molecule has 6 heteroatoms. The number of hydrogen-bond acceptors (Lipinski definition) is 2. The summed E-state index contributed by atoms with van der Waals surface area (Å²) < 4.78 is 0. The van der Waals surface area contributed by atoms with Gasteiger partial charge in [0.25, 0.3) is 0 Å². The van der Waals surface area contributed by atoms with Gasteiger partial charge in [-0.1, -0.05) is 6.58 Å². The molecule has 0 aliphatic carbocycles. The molecule has 0 atom stereocenters. The van der Waals surface area contributed by atoms with Gasteiger partial charge < -0.3 is 9.62 Å². The van der Waals surface area contributed by atoms with Crippen molar-refractivity contribution >= 4 is 22.0 Å². The highest BCUT2D eigenvalue weighted by atomic mass is 16.2. The third-order valence-corrected chi connectivity index (χ3v) is 1.38. The topological polar surface area (TPSA) is 26.8 Å². The van der Waals surface area contributed by atoms with Gasteiger partial charge in [-0.15, -0.1) is 0 Å². The second kappa shape index (κ2) is 4.09. The van der Waals surface area contributed by atoms with Crippen LogP contribution in [0, 0.1) is 0 Å². The normalized spacial score (nSPS) is 8.92. The minimum Gasteiger partial charge on any atom is -0.415 e. The average molecular weight is 163 g/mol. The van der Waals surface area contributed by atoms with Crippen molar-refractivity contribution < 1.29 is 4.79 Å². The molecule has 0 heterocycles. The van der Waals surface area contributed by atoms with E-state index >= 15 is 0 Å². The molecular formula is C6H11B2N3O. The van der Waals surface area contributed by atoms with E-state index in [1.54, 1.807) is 7.05 Å². The SMILES string of the molecule is [B]N(C)C(=C)N(C)C(=O)N([B])C. The minimum absolute atomic E-state index is 0.373. The van der Waals surface area contributed by atoms with Crippen LogP contribution in [0.25, 0.3) is 0 Å². The van der Waals surface area contributed by atoms with Crippen molar-refractivity contribution in [1.82, 2.24) is 14.5 Å².